The highest BCUT2D eigenvalue weighted by Crippen LogP contribution is 2.19. The third kappa shape index (κ3) is 8.03. The fourth-order valence-corrected chi connectivity index (χ4v) is 4.05. The number of halogens is 1. The van der Waals surface area contributed by atoms with Crippen molar-refractivity contribution in [2.24, 2.45) is 4.99 Å². The zero-order valence-electron chi connectivity index (χ0n) is 18.0. The van der Waals surface area contributed by atoms with Crippen LogP contribution in [0.1, 0.15) is 45.6 Å². The van der Waals surface area contributed by atoms with Crippen LogP contribution in [0.5, 0.6) is 0 Å². The standard InChI is InChI=1S/C20H35N5O2S.HI/c1-5-22-19(24-16-20(2,3)25-13-7-6-8-14-25)23-15-17-9-11-18(12-10-17)28(26,27)21-4;/h9-12,21H,5-8,13-16H2,1-4H3,(H2,22,23,24);1H. The highest BCUT2D eigenvalue weighted by molar-refractivity contribution is 14.0. The van der Waals surface area contributed by atoms with Crippen LogP contribution >= 0.6 is 24.0 Å². The Bertz CT molecular complexity index is 745. The van der Waals surface area contributed by atoms with Gasteiger partial charge >= 0.3 is 0 Å². The summed E-state index contributed by atoms with van der Waals surface area (Å²) >= 11 is 0. The molecule has 0 aliphatic carbocycles. The van der Waals surface area contributed by atoms with Gasteiger partial charge in [0.05, 0.1) is 11.4 Å². The van der Waals surface area contributed by atoms with Gasteiger partial charge in [0.15, 0.2) is 5.96 Å². The molecular weight excluding hydrogens is 501 g/mol. The molecule has 0 radical (unpaired) electrons. The van der Waals surface area contributed by atoms with Gasteiger partial charge in [-0.05, 0) is 71.4 Å². The van der Waals surface area contributed by atoms with Crippen LogP contribution in [0.3, 0.4) is 0 Å². The zero-order valence-corrected chi connectivity index (χ0v) is 21.1. The molecule has 0 atom stereocenters. The molecule has 1 aliphatic rings. The first kappa shape index (κ1) is 26.1. The second-order valence-corrected chi connectivity index (χ2v) is 9.65. The number of benzene rings is 1. The van der Waals surface area contributed by atoms with E-state index in [1.807, 2.05) is 6.92 Å². The molecule has 1 saturated heterocycles. The molecule has 1 aromatic carbocycles. The van der Waals surface area contributed by atoms with Crippen LogP contribution < -0.4 is 15.4 Å². The van der Waals surface area contributed by atoms with Gasteiger partial charge < -0.3 is 10.6 Å². The van der Waals surface area contributed by atoms with Crippen LogP contribution in [-0.2, 0) is 16.6 Å². The molecule has 29 heavy (non-hydrogen) atoms. The molecule has 1 aromatic rings. The van der Waals surface area contributed by atoms with Crippen molar-refractivity contribution in [2.45, 2.75) is 57.0 Å². The predicted octanol–water partition coefficient (Wildman–Crippen LogP) is 2.53. The minimum Gasteiger partial charge on any atom is -0.357 e. The third-order valence-corrected chi connectivity index (χ3v) is 6.60. The van der Waals surface area contributed by atoms with E-state index in [1.165, 1.54) is 26.3 Å². The Morgan fingerprint density at radius 3 is 2.28 bits per heavy atom. The lowest BCUT2D eigenvalue weighted by Crippen LogP contribution is -2.54. The molecule has 1 aliphatic heterocycles. The Kier molecular flexibility index (Phi) is 10.9. The Labute approximate surface area is 193 Å². The summed E-state index contributed by atoms with van der Waals surface area (Å²) in [5.74, 6) is 0.777. The molecule has 166 valence electrons. The van der Waals surface area contributed by atoms with Crippen LogP contribution in [0, 0.1) is 0 Å². The average molecular weight is 538 g/mol. The Morgan fingerprint density at radius 2 is 1.72 bits per heavy atom. The largest absolute Gasteiger partial charge is 0.357 e. The number of aliphatic imine (C=N–C) groups is 1. The van der Waals surface area contributed by atoms with Gasteiger partial charge in [0, 0.05) is 18.6 Å². The summed E-state index contributed by atoms with van der Waals surface area (Å²) in [7, 11) is -2.00. The van der Waals surface area contributed by atoms with E-state index in [-0.39, 0.29) is 34.4 Å². The fraction of sp³-hybridized carbons (Fsp3) is 0.650. The van der Waals surface area contributed by atoms with E-state index >= 15 is 0 Å². The minimum atomic E-state index is -3.41. The van der Waals surface area contributed by atoms with Crippen molar-refractivity contribution >= 4 is 40.0 Å². The van der Waals surface area contributed by atoms with Crippen LogP contribution in [-0.4, -0.2) is 58.0 Å². The van der Waals surface area contributed by atoms with E-state index in [0.717, 1.165) is 37.7 Å². The van der Waals surface area contributed by atoms with Crippen molar-refractivity contribution in [1.29, 1.82) is 0 Å². The van der Waals surface area contributed by atoms with Crippen LogP contribution in [0.15, 0.2) is 34.2 Å². The van der Waals surface area contributed by atoms with Gasteiger partial charge in [0.25, 0.3) is 0 Å². The molecule has 1 heterocycles. The number of sulfonamides is 1. The first-order chi connectivity index (χ1) is 13.3. The maximum atomic E-state index is 11.8. The summed E-state index contributed by atoms with van der Waals surface area (Å²) in [5.41, 5.74) is 1.03. The molecule has 7 nitrogen and oxygen atoms in total. The van der Waals surface area contributed by atoms with Gasteiger partial charge in [-0.2, -0.15) is 0 Å². The SMILES string of the molecule is CCNC(=NCc1ccc(S(=O)(=O)NC)cc1)NCC(C)(C)N1CCCCC1.I. The summed E-state index contributed by atoms with van der Waals surface area (Å²) in [6.07, 6.45) is 3.88. The van der Waals surface area contributed by atoms with Gasteiger partial charge in [0.1, 0.15) is 0 Å². The van der Waals surface area contributed by atoms with E-state index in [2.05, 4.69) is 39.1 Å². The topological polar surface area (TPSA) is 85.8 Å². The second kappa shape index (κ2) is 12.1. The molecular formula is C20H36IN5O2S. The molecule has 0 aromatic heterocycles. The van der Waals surface area contributed by atoms with Crippen molar-refractivity contribution in [1.82, 2.24) is 20.3 Å². The van der Waals surface area contributed by atoms with Crippen LogP contribution in [0.4, 0.5) is 0 Å². The molecule has 0 saturated carbocycles. The van der Waals surface area contributed by atoms with Crippen molar-refractivity contribution in [3.63, 3.8) is 0 Å². The summed E-state index contributed by atoms with van der Waals surface area (Å²) in [6.45, 7) is 11.0. The lowest BCUT2D eigenvalue weighted by Gasteiger charge is -2.41. The van der Waals surface area contributed by atoms with Crippen molar-refractivity contribution < 1.29 is 8.42 Å². The first-order valence-corrected chi connectivity index (χ1v) is 11.6. The maximum absolute atomic E-state index is 11.8. The average Bonchev–Trinajstić information content (AvgIpc) is 2.71. The Morgan fingerprint density at radius 1 is 1.10 bits per heavy atom. The lowest BCUT2D eigenvalue weighted by molar-refractivity contribution is 0.0982. The second-order valence-electron chi connectivity index (χ2n) is 7.76. The number of nitrogens with zero attached hydrogens (tertiary/aromatic N) is 2. The normalized spacial score (nSPS) is 16.2. The first-order valence-electron chi connectivity index (χ1n) is 10.1. The van der Waals surface area contributed by atoms with Gasteiger partial charge in [-0.25, -0.2) is 18.1 Å². The number of hydrogen-bond acceptors (Lipinski definition) is 4. The summed E-state index contributed by atoms with van der Waals surface area (Å²) in [6, 6.07) is 6.82. The van der Waals surface area contributed by atoms with Crippen LogP contribution in [0.2, 0.25) is 0 Å². The van der Waals surface area contributed by atoms with E-state index in [4.69, 9.17) is 0 Å². The maximum Gasteiger partial charge on any atom is 0.240 e. The Balaban J connectivity index is 0.00000420. The molecule has 0 amide bonds. The number of guanidine groups is 1. The minimum absolute atomic E-state index is 0. The quantitative estimate of drug-likeness (QED) is 0.270. The van der Waals surface area contributed by atoms with E-state index < -0.39 is 10.0 Å². The molecule has 0 spiro atoms. The number of hydrogen-bond donors (Lipinski definition) is 3. The smallest absolute Gasteiger partial charge is 0.240 e. The van der Waals surface area contributed by atoms with Gasteiger partial charge in [-0.3, -0.25) is 4.90 Å². The molecule has 3 N–H and O–H groups in total. The lowest BCUT2D eigenvalue weighted by atomic mass is 9.98. The summed E-state index contributed by atoms with van der Waals surface area (Å²) < 4.78 is 25.9. The molecule has 0 unspecified atom stereocenters. The van der Waals surface area contributed by atoms with Crippen molar-refractivity contribution in [2.75, 3.05) is 33.2 Å². The molecule has 1 fully saturated rings. The van der Waals surface area contributed by atoms with E-state index in [0.29, 0.717) is 6.54 Å². The highest BCUT2D eigenvalue weighted by atomic mass is 127. The molecule has 2 rings (SSSR count). The van der Waals surface area contributed by atoms with Gasteiger partial charge in [0.2, 0.25) is 10.0 Å². The third-order valence-electron chi connectivity index (χ3n) is 5.17. The number of likely N-dealkylation sites (tertiary alicyclic amines) is 1. The van der Waals surface area contributed by atoms with E-state index in [1.54, 1.807) is 24.3 Å². The van der Waals surface area contributed by atoms with Gasteiger partial charge in [-0.15, -0.1) is 24.0 Å². The molecule has 9 heteroatoms. The van der Waals surface area contributed by atoms with Crippen LogP contribution in [0.25, 0.3) is 0 Å². The summed E-state index contributed by atoms with van der Waals surface area (Å²) in [4.78, 5) is 7.46. The number of nitrogens with one attached hydrogen (secondary N) is 3. The number of piperidine rings is 1. The van der Waals surface area contributed by atoms with Gasteiger partial charge in [-0.1, -0.05) is 18.6 Å². The van der Waals surface area contributed by atoms with Crippen molar-refractivity contribution in [3.8, 4) is 0 Å². The van der Waals surface area contributed by atoms with Crippen molar-refractivity contribution in [3.05, 3.63) is 29.8 Å². The number of rotatable bonds is 8. The fourth-order valence-electron chi connectivity index (χ4n) is 3.32. The predicted molar refractivity (Wildman–Crippen MR) is 130 cm³/mol. The molecule has 0 bridgehead atoms. The van der Waals surface area contributed by atoms with E-state index in [9.17, 15) is 8.42 Å². The zero-order chi connectivity index (χ0) is 20.6. The summed E-state index contributed by atoms with van der Waals surface area (Å²) in [5, 5.41) is 6.75. The highest BCUT2D eigenvalue weighted by Gasteiger charge is 2.27. The monoisotopic (exact) mass is 537 g/mol. The Hall–Kier alpha value is -0.910.